The Hall–Kier alpha value is -1.91. The maximum Gasteiger partial charge on any atom is 0.255 e. The van der Waals surface area contributed by atoms with Crippen molar-refractivity contribution in [2.24, 2.45) is 0 Å². The second-order valence-electron chi connectivity index (χ2n) is 4.09. The Morgan fingerprint density at radius 2 is 1.55 bits per heavy atom. The number of pyridine rings is 1. The number of carbonyl (C=O) groups excluding carboxylic acids is 2. The molecule has 20 heavy (non-hydrogen) atoms. The SMILES string of the molecule is CC(=O)c1ccc(NC(=O)c2cc(Cl)nc(Cl)c2)cc1. The first-order chi connectivity index (χ1) is 9.45. The van der Waals surface area contributed by atoms with Gasteiger partial charge in [0.15, 0.2) is 5.78 Å². The van der Waals surface area contributed by atoms with Crippen molar-refractivity contribution >= 4 is 40.6 Å². The van der Waals surface area contributed by atoms with Gasteiger partial charge >= 0.3 is 0 Å². The average Bonchev–Trinajstić information content (AvgIpc) is 2.38. The van der Waals surface area contributed by atoms with Crippen molar-refractivity contribution in [1.82, 2.24) is 4.98 Å². The van der Waals surface area contributed by atoms with Crippen LogP contribution in [0.15, 0.2) is 36.4 Å². The Morgan fingerprint density at radius 1 is 1.00 bits per heavy atom. The molecule has 0 fully saturated rings. The van der Waals surface area contributed by atoms with Crippen molar-refractivity contribution < 1.29 is 9.59 Å². The van der Waals surface area contributed by atoms with Crippen molar-refractivity contribution in [1.29, 1.82) is 0 Å². The number of ketones is 1. The summed E-state index contributed by atoms with van der Waals surface area (Å²) in [5, 5.41) is 2.98. The van der Waals surface area contributed by atoms with Crippen LogP contribution in [0.4, 0.5) is 5.69 Å². The second-order valence-corrected chi connectivity index (χ2v) is 4.86. The average molecular weight is 309 g/mol. The molecule has 0 atom stereocenters. The molecule has 102 valence electrons. The summed E-state index contributed by atoms with van der Waals surface area (Å²) >= 11 is 11.5. The largest absolute Gasteiger partial charge is 0.322 e. The van der Waals surface area contributed by atoms with E-state index in [4.69, 9.17) is 23.2 Å². The van der Waals surface area contributed by atoms with Gasteiger partial charge in [0.1, 0.15) is 10.3 Å². The molecular weight excluding hydrogens is 299 g/mol. The molecule has 1 aromatic heterocycles. The van der Waals surface area contributed by atoms with E-state index >= 15 is 0 Å². The van der Waals surface area contributed by atoms with Gasteiger partial charge in [-0.2, -0.15) is 0 Å². The number of hydrogen-bond acceptors (Lipinski definition) is 3. The van der Waals surface area contributed by atoms with Crippen LogP contribution in [-0.2, 0) is 0 Å². The summed E-state index contributed by atoms with van der Waals surface area (Å²) in [5.41, 5.74) is 1.47. The van der Waals surface area contributed by atoms with Crippen LogP contribution < -0.4 is 5.32 Å². The first-order valence-corrected chi connectivity index (χ1v) is 6.47. The molecule has 0 aliphatic carbocycles. The summed E-state index contributed by atoms with van der Waals surface area (Å²) < 4.78 is 0. The summed E-state index contributed by atoms with van der Waals surface area (Å²) in [7, 11) is 0. The molecule has 6 heteroatoms. The van der Waals surface area contributed by atoms with Gasteiger partial charge in [0, 0.05) is 16.8 Å². The highest BCUT2D eigenvalue weighted by atomic mass is 35.5. The van der Waals surface area contributed by atoms with Crippen molar-refractivity contribution in [2.75, 3.05) is 5.32 Å². The molecule has 4 nitrogen and oxygen atoms in total. The maximum atomic E-state index is 12.0. The molecule has 0 aliphatic rings. The monoisotopic (exact) mass is 308 g/mol. The molecule has 0 aliphatic heterocycles. The van der Waals surface area contributed by atoms with Gasteiger partial charge in [-0.25, -0.2) is 4.98 Å². The summed E-state index contributed by atoms with van der Waals surface area (Å²) in [6.45, 7) is 1.48. The first kappa shape index (κ1) is 14.5. The number of carbonyl (C=O) groups is 2. The van der Waals surface area contributed by atoms with E-state index in [1.54, 1.807) is 24.3 Å². The van der Waals surface area contributed by atoms with Crippen LogP contribution in [0.1, 0.15) is 27.6 Å². The van der Waals surface area contributed by atoms with Gasteiger partial charge in [0.25, 0.3) is 5.91 Å². The topological polar surface area (TPSA) is 59.1 Å². The van der Waals surface area contributed by atoms with E-state index in [1.807, 2.05) is 0 Å². The molecule has 2 rings (SSSR count). The number of hydrogen-bond donors (Lipinski definition) is 1. The number of aromatic nitrogens is 1. The Balaban J connectivity index is 2.16. The van der Waals surface area contributed by atoms with Crippen LogP contribution >= 0.6 is 23.2 Å². The molecule has 1 aromatic carbocycles. The van der Waals surface area contributed by atoms with Gasteiger partial charge in [0.2, 0.25) is 0 Å². The number of rotatable bonds is 3. The third-order valence-electron chi connectivity index (χ3n) is 2.57. The molecule has 0 radical (unpaired) electrons. The van der Waals surface area contributed by atoms with Crippen LogP contribution in [0.5, 0.6) is 0 Å². The summed E-state index contributed by atoms with van der Waals surface area (Å²) in [6.07, 6.45) is 0. The normalized spacial score (nSPS) is 10.2. The number of amides is 1. The lowest BCUT2D eigenvalue weighted by molar-refractivity contribution is 0.101. The highest BCUT2D eigenvalue weighted by Crippen LogP contribution is 2.17. The maximum absolute atomic E-state index is 12.0. The fourth-order valence-corrected chi connectivity index (χ4v) is 2.05. The number of anilines is 1. The lowest BCUT2D eigenvalue weighted by Gasteiger charge is -2.06. The lowest BCUT2D eigenvalue weighted by Crippen LogP contribution is -2.12. The van der Waals surface area contributed by atoms with Crippen LogP contribution in [0.25, 0.3) is 0 Å². The molecule has 0 spiro atoms. The molecule has 1 heterocycles. The Bertz CT molecular complexity index is 649. The fourth-order valence-electron chi connectivity index (χ4n) is 1.59. The van der Waals surface area contributed by atoms with E-state index in [-0.39, 0.29) is 22.0 Å². The summed E-state index contributed by atoms with van der Waals surface area (Å²) in [6, 6.07) is 9.44. The zero-order valence-corrected chi connectivity index (χ0v) is 12.0. The predicted molar refractivity (Wildman–Crippen MR) is 78.7 cm³/mol. The lowest BCUT2D eigenvalue weighted by atomic mass is 10.1. The van der Waals surface area contributed by atoms with Crippen molar-refractivity contribution in [3.8, 4) is 0 Å². The highest BCUT2D eigenvalue weighted by molar-refractivity contribution is 6.33. The molecular formula is C14H10Cl2N2O2. The standard InChI is InChI=1S/C14H10Cl2N2O2/c1-8(19)9-2-4-11(5-3-9)17-14(20)10-6-12(15)18-13(16)7-10/h2-7H,1H3,(H,17,20). The second kappa shape index (κ2) is 6.03. The molecule has 0 unspecified atom stereocenters. The molecule has 1 amide bonds. The fraction of sp³-hybridized carbons (Fsp3) is 0.0714. The predicted octanol–water partition coefficient (Wildman–Crippen LogP) is 3.84. The molecule has 2 aromatic rings. The Morgan fingerprint density at radius 3 is 2.05 bits per heavy atom. The minimum Gasteiger partial charge on any atom is -0.322 e. The number of benzene rings is 1. The van der Waals surface area contributed by atoms with Gasteiger partial charge in [0.05, 0.1) is 0 Å². The van der Waals surface area contributed by atoms with Gasteiger partial charge in [-0.1, -0.05) is 23.2 Å². The van der Waals surface area contributed by atoms with E-state index in [0.29, 0.717) is 16.8 Å². The number of nitrogens with one attached hydrogen (secondary N) is 1. The quantitative estimate of drug-likeness (QED) is 0.692. The third kappa shape index (κ3) is 3.56. The van der Waals surface area contributed by atoms with Crippen LogP contribution in [0.3, 0.4) is 0 Å². The molecule has 0 saturated carbocycles. The zero-order chi connectivity index (χ0) is 14.7. The van der Waals surface area contributed by atoms with Crippen LogP contribution in [0, 0.1) is 0 Å². The van der Waals surface area contributed by atoms with Gasteiger partial charge in [-0.15, -0.1) is 0 Å². The highest BCUT2D eigenvalue weighted by Gasteiger charge is 2.09. The Kier molecular flexibility index (Phi) is 4.37. The van der Waals surface area contributed by atoms with Gasteiger partial charge in [-0.3, -0.25) is 9.59 Å². The van der Waals surface area contributed by atoms with Crippen LogP contribution in [-0.4, -0.2) is 16.7 Å². The summed E-state index contributed by atoms with van der Waals surface area (Å²) in [5.74, 6) is -0.387. The van der Waals surface area contributed by atoms with E-state index in [9.17, 15) is 9.59 Å². The number of Topliss-reactive ketones (excluding diaryl/α,β-unsaturated/α-hetero) is 1. The third-order valence-corrected chi connectivity index (χ3v) is 2.96. The summed E-state index contributed by atoms with van der Waals surface area (Å²) in [4.78, 5) is 26.9. The zero-order valence-electron chi connectivity index (χ0n) is 10.5. The molecule has 0 saturated heterocycles. The van der Waals surface area contributed by atoms with Crippen LogP contribution in [0.2, 0.25) is 10.3 Å². The van der Waals surface area contributed by atoms with Crippen molar-refractivity contribution in [2.45, 2.75) is 6.92 Å². The Labute approximate surface area is 125 Å². The van der Waals surface area contributed by atoms with Crippen molar-refractivity contribution in [3.05, 3.63) is 57.8 Å². The van der Waals surface area contributed by atoms with E-state index in [1.165, 1.54) is 19.1 Å². The van der Waals surface area contributed by atoms with Gasteiger partial charge in [-0.05, 0) is 43.3 Å². The molecule has 1 N–H and O–H groups in total. The van der Waals surface area contributed by atoms with E-state index in [0.717, 1.165) is 0 Å². The number of halogens is 2. The minimum atomic E-state index is -0.355. The number of nitrogens with zero attached hydrogens (tertiary/aromatic N) is 1. The van der Waals surface area contributed by atoms with E-state index < -0.39 is 0 Å². The van der Waals surface area contributed by atoms with E-state index in [2.05, 4.69) is 10.3 Å². The van der Waals surface area contributed by atoms with Gasteiger partial charge < -0.3 is 5.32 Å². The first-order valence-electron chi connectivity index (χ1n) is 5.71. The molecule has 0 bridgehead atoms. The smallest absolute Gasteiger partial charge is 0.255 e. The van der Waals surface area contributed by atoms with Crippen molar-refractivity contribution in [3.63, 3.8) is 0 Å². The minimum absolute atomic E-state index is 0.0319.